The predicted molar refractivity (Wildman–Crippen MR) is 108 cm³/mol. The molecular weight excluding hydrogens is 439 g/mol. The van der Waals surface area contributed by atoms with Crippen LogP contribution in [0.5, 0.6) is 0 Å². The third-order valence-corrected chi connectivity index (χ3v) is 6.77. The number of sulfonamides is 1. The first-order valence-electron chi connectivity index (χ1n) is 7.35. The van der Waals surface area contributed by atoms with Crippen molar-refractivity contribution in [1.82, 2.24) is 10.2 Å². The summed E-state index contributed by atoms with van der Waals surface area (Å²) < 4.78 is 26.2. The molecular formula is C14H16Cl2N4O3S3. The van der Waals surface area contributed by atoms with Gasteiger partial charge in [-0.05, 0) is 30.9 Å². The second-order valence-corrected chi connectivity index (χ2v) is 10.3. The molecule has 0 spiro atoms. The first kappa shape index (κ1) is 21.2. The molecule has 0 radical (unpaired) electrons. The number of rotatable bonds is 7. The van der Waals surface area contributed by atoms with Gasteiger partial charge in [-0.3, -0.25) is 14.4 Å². The van der Waals surface area contributed by atoms with Crippen LogP contribution < -0.4 is 9.62 Å². The van der Waals surface area contributed by atoms with E-state index in [1.165, 1.54) is 48.2 Å². The number of hydrogen-bond acceptors (Lipinski definition) is 7. The van der Waals surface area contributed by atoms with Crippen LogP contribution in [0, 0.1) is 0 Å². The van der Waals surface area contributed by atoms with Gasteiger partial charge in [0.25, 0.3) is 0 Å². The molecule has 7 nitrogen and oxygen atoms in total. The maximum absolute atomic E-state index is 12.6. The molecule has 1 atom stereocenters. The second-order valence-electron chi connectivity index (χ2n) is 5.13. The Morgan fingerprint density at radius 1 is 1.38 bits per heavy atom. The van der Waals surface area contributed by atoms with Gasteiger partial charge < -0.3 is 0 Å². The average Bonchev–Trinajstić information content (AvgIpc) is 2.97. The fourth-order valence-electron chi connectivity index (χ4n) is 2.09. The summed E-state index contributed by atoms with van der Waals surface area (Å²) in [5.74, 6) is 0.268. The maximum Gasteiger partial charge on any atom is 0.249 e. The first-order chi connectivity index (χ1) is 12.1. The van der Waals surface area contributed by atoms with Gasteiger partial charge in [-0.1, -0.05) is 53.2 Å². The number of thioether (sulfide) groups is 1. The van der Waals surface area contributed by atoms with Gasteiger partial charge in [-0.2, -0.15) is 0 Å². The summed E-state index contributed by atoms with van der Waals surface area (Å²) in [5.41, 5.74) is 0.129. The predicted octanol–water partition coefficient (Wildman–Crippen LogP) is 3.75. The highest BCUT2D eigenvalue weighted by Gasteiger charge is 2.31. The monoisotopic (exact) mass is 454 g/mol. The summed E-state index contributed by atoms with van der Waals surface area (Å²) >= 11 is 14.8. The molecule has 2 aromatic rings. The van der Waals surface area contributed by atoms with Gasteiger partial charge >= 0.3 is 0 Å². The Labute approximate surface area is 170 Å². The molecule has 0 aliphatic rings. The molecule has 1 amide bonds. The molecule has 0 saturated heterocycles. The molecule has 1 aromatic heterocycles. The van der Waals surface area contributed by atoms with E-state index in [1.54, 1.807) is 0 Å². The van der Waals surface area contributed by atoms with E-state index in [2.05, 4.69) is 15.5 Å². The van der Waals surface area contributed by atoms with Gasteiger partial charge in [0, 0.05) is 5.02 Å². The van der Waals surface area contributed by atoms with Crippen LogP contribution in [-0.4, -0.2) is 42.6 Å². The minimum atomic E-state index is -3.80. The normalized spacial score (nSPS) is 12.7. The third kappa shape index (κ3) is 5.23. The van der Waals surface area contributed by atoms with Crippen molar-refractivity contribution in [2.75, 3.05) is 21.6 Å². The summed E-state index contributed by atoms with van der Waals surface area (Å²) in [6.07, 6.45) is 0.995. The summed E-state index contributed by atoms with van der Waals surface area (Å²) in [6, 6.07) is 3.33. The lowest BCUT2D eigenvalue weighted by atomic mass is 10.2. The average molecular weight is 455 g/mol. The van der Waals surface area contributed by atoms with Crippen molar-refractivity contribution in [3.63, 3.8) is 0 Å². The zero-order chi connectivity index (χ0) is 19.5. The number of halogens is 2. The Morgan fingerprint density at radius 3 is 2.69 bits per heavy atom. The van der Waals surface area contributed by atoms with E-state index < -0.39 is 22.0 Å². The largest absolute Gasteiger partial charge is 0.299 e. The first-order valence-corrected chi connectivity index (χ1v) is 11.8. The Hall–Kier alpha value is -1.07. The zero-order valence-corrected chi connectivity index (χ0v) is 18.0. The molecule has 0 aliphatic carbocycles. The molecule has 0 aliphatic heterocycles. The van der Waals surface area contributed by atoms with E-state index in [0.29, 0.717) is 14.5 Å². The van der Waals surface area contributed by atoms with Crippen LogP contribution in [0.3, 0.4) is 0 Å². The number of carbonyl (C=O) groups is 1. The van der Waals surface area contributed by atoms with Crippen LogP contribution in [0.2, 0.25) is 10.0 Å². The van der Waals surface area contributed by atoms with Crippen LogP contribution >= 0.6 is 46.3 Å². The molecule has 1 N–H and O–H groups in total. The highest BCUT2D eigenvalue weighted by Crippen LogP contribution is 2.32. The van der Waals surface area contributed by atoms with E-state index in [0.717, 1.165) is 16.3 Å². The number of hydrogen-bond donors (Lipinski definition) is 1. The molecule has 12 heteroatoms. The lowest BCUT2D eigenvalue weighted by Gasteiger charge is -2.28. The molecule has 26 heavy (non-hydrogen) atoms. The topological polar surface area (TPSA) is 92.3 Å². The Kier molecular flexibility index (Phi) is 7.14. The van der Waals surface area contributed by atoms with E-state index in [4.69, 9.17) is 23.2 Å². The van der Waals surface area contributed by atoms with Crippen LogP contribution in [-0.2, 0) is 14.8 Å². The van der Waals surface area contributed by atoms with Crippen molar-refractivity contribution < 1.29 is 13.2 Å². The summed E-state index contributed by atoms with van der Waals surface area (Å²) in [4.78, 5) is 12.6. The summed E-state index contributed by atoms with van der Waals surface area (Å²) in [5, 5.41) is 11.2. The minimum Gasteiger partial charge on any atom is -0.299 e. The van der Waals surface area contributed by atoms with Crippen molar-refractivity contribution in [3.8, 4) is 0 Å². The molecule has 1 heterocycles. The minimum absolute atomic E-state index is 0.129. The molecule has 0 fully saturated rings. The number of nitrogens with zero attached hydrogens (tertiary/aromatic N) is 3. The van der Waals surface area contributed by atoms with Crippen LogP contribution in [0.1, 0.15) is 13.8 Å². The van der Waals surface area contributed by atoms with Crippen molar-refractivity contribution in [1.29, 1.82) is 0 Å². The van der Waals surface area contributed by atoms with Crippen molar-refractivity contribution in [2.45, 2.75) is 24.2 Å². The van der Waals surface area contributed by atoms with Gasteiger partial charge in [-0.25, -0.2) is 8.42 Å². The van der Waals surface area contributed by atoms with E-state index >= 15 is 0 Å². The Balaban J connectivity index is 2.30. The highest BCUT2D eigenvalue weighted by molar-refractivity contribution is 8.01. The van der Waals surface area contributed by atoms with E-state index in [9.17, 15) is 13.2 Å². The summed E-state index contributed by atoms with van der Waals surface area (Å²) in [6.45, 7) is 3.43. The molecule has 0 bridgehead atoms. The van der Waals surface area contributed by atoms with Gasteiger partial charge in [0.2, 0.25) is 21.1 Å². The number of aromatic nitrogens is 2. The third-order valence-electron chi connectivity index (χ3n) is 3.14. The quantitative estimate of drug-likeness (QED) is 0.505. The Bertz CT molecular complexity index is 905. The molecule has 2 rings (SSSR count). The van der Waals surface area contributed by atoms with Crippen LogP contribution in [0.25, 0.3) is 0 Å². The molecule has 0 saturated carbocycles. The number of nitrogens with one attached hydrogen (secondary N) is 1. The van der Waals surface area contributed by atoms with Crippen molar-refractivity contribution in [3.05, 3.63) is 28.2 Å². The maximum atomic E-state index is 12.6. The number of benzene rings is 1. The van der Waals surface area contributed by atoms with Crippen molar-refractivity contribution in [2.24, 2.45) is 0 Å². The lowest BCUT2D eigenvalue weighted by Crippen LogP contribution is -2.45. The van der Waals surface area contributed by atoms with E-state index in [1.807, 2.05) is 6.92 Å². The molecule has 0 unspecified atom stereocenters. The van der Waals surface area contributed by atoms with Crippen molar-refractivity contribution >= 4 is 73.0 Å². The van der Waals surface area contributed by atoms with Crippen LogP contribution in [0.4, 0.5) is 10.8 Å². The van der Waals surface area contributed by atoms with Gasteiger partial charge in [0.1, 0.15) is 6.04 Å². The lowest BCUT2D eigenvalue weighted by molar-refractivity contribution is -0.116. The fraction of sp³-hybridized carbons (Fsp3) is 0.357. The van der Waals surface area contributed by atoms with E-state index in [-0.39, 0.29) is 10.7 Å². The molecule has 1 aromatic carbocycles. The van der Waals surface area contributed by atoms with Gasteiger partial charge in [0.15, 0.2) is 4.34 Å². The number of anilines is 2. The number of amides is 1. The molecule has 142 valence electrons. The number of carbonyl (C=O) groups excluding carboxylic acids is 1. The highest BCUT2D eigenvalue weighted by atomic mass is 35.5. The fourth-order valence-corrected chi connectivity index (χ4v) is 5.34. The smallest absolute Gasteiger partial charge is 0.249 e. The van der Waals surface area contributed by atoms with Gasteiger partial charge in [-0.15, -0.1) is 10.2 Å². The van der Waals surface area contributed by atoms with Gasteiger partial charge in [0.05, 0.1) is 17.0 Å². The zero-order valence-electron chi connectivity index (χ0n) is 14.1. The Morgan fingerprint density at radius 2 is 2.08 bits per heavy atom. The second kappa shape index (κ2) is 8.75. The summed E-state index contributed by atoms with van der Waals surface area (Å²) in [7, 11) is -3.80. The van der Waals surface area contributed by atoms with Crippen LogP contribution in [0.15, 0.2) is 22.5 Å². The standard InChI is InChI=1S/C14H16Cl2N4O3S3/c1-4-24-14-19-18-13(25-14)17-12(21)8(2)20(26(3,22)23)11-7-9(15)5-6-10(11)16/h5-8H,4H2,1-3H3,(H,17,18,21)/t8-/m0/s1. The SMILES string of the molecule is CCSc1nnc(NC(=O)[C@H](C)N(c2cc(Cl)ccc2Cl)S(C)(=O)=O)s1.